The highest BCUT2D eigenvalue weighted by molar-refractivity contribution is 6.32. The van der Waals surface area contributed by atoms with Crippen molar-refractivity contribution in [2.24, 2.45) is 0 Å². The van der Waals surface area contributed by atoms with Crippen molar-refractivity contribution in [3.8, 4) is 0 Å². The fraction of sp³-hybridized carbons (Fsp3) is 0.375. The number of aromatic nitrogens is 2. The average molecular weight is 367 g/mol. The number of hydrogen-bond acceptors (Lipinski definition) is 8. The highest BCUT2D eigenvalue weighted by Gasteiger charge is 2.31. The van der Waals surface area contributed by atoms with Crippen LogP contribution in [0, 0.1) is 6.92 Å². The number of nitrogens with zero attached hydrogens (tertiary/aromatic N) is 3. The third-order valence-corrected chi connectivity index (χ3v) is 4.54. The molecule has 0 aliphatic carbocycles. The quantitative estimate of drug-likeness (QED) is 0.524. The maximum atomic E-state index is 10.3. The van der Waals surface area contributed by atoms with E-state index in [2.05, 4.69) is 15.3 Å². The predicted molar refractivity (Wildman–Crippen MR) is 93.6 cm³/mol. The second-order valence-electron chi connectivity index (χ2n) is 5.92. The van der Waals surface area contributed by atoms with E-state index in [0.29, 0.717) is 22.2 Å². The topological polar surface area (TPSA) is 122 Å². The Hall–Kier alpha value is -1.97. The number of β-amino-alcohol motifs (C(OH)–C–C–N with tert-alkyl or cyclic N) is 1. The number of halogens is 1. The average Bonchev–Trinajstić information content (AvgIpc) is 2.61. The Morgan fingerprint density at radius 1 is 1.20 bits per heavy atom. The number of rotatable bonds is 5. The molecule has 5 N–H and O–H groups in total. The van der Waals surface area contributed by atoms with Gasteiger partial charge in [-0.05, 0) is 24.6 Å². The summed E-state index contributed by atoms with van der Waals surface area (Å²) in [7, 11) is 0. The van der Waals surface area contributed by atoms with E-state index in [1.54, 1.807) is 17.2 Å². The van der Waals surface area contributed by atoms with Gasteiger partial charge >= 0.3 is 0 Å². The molecule has 1 aromatic heterocycles. The fourth-order valence-corrected chi connectivity index (χ4v) is 2.88. The number of aliphatic hydroxyl groups excluding tert-OH is 4. The number of anilines is 4. The van der Waals surface area contributed by atoms with Crippen molar-refractivity contribution in [3.63, 3.8) is 0 Å². The molecule has 0 spiro atoms. The Kier molecular flexibility index (Phi) is 5.07. The van der Waals surface area contributed by atoms with Crippen molar-refractivity contribution in [3.05, 3.63) is 35.2 Å². The van der Waals surface area contributed by atoms with Gasteiger partial charge in [-0.1, -0.05) is 11.6 Å². The van der Waals surface area contributed by atoms with E-state index in [0.717, 1.165) is 11.3 Å². The van der Waals surface area contributed by atoms with Crippen LogP contribution >= 0.6 is 11.6 Å². The van der Waals surface area contributed by atoms with Crippen LogP contribution in [0.4, 0.5) is 22.9 Å². The molecule has 0 bridgehead atoms. The first-order valence-electron chi connectivity index (χ1n) is 7.72. The number of fused-ring (bicyclic) bond motifs is 2. The maximum Gasteiger partial charge on any atom is 0.160 e. The van der Waals surface area contributed by atoms with Gasteiger partial charge in [0.1, 0.15) is 30.3 Å². The van der Waals surface area contributed by atoms with Crippen LogP contribution in [-0.2, 0) is 0 Å². The highest BCUT2D eigenvalue weighted by atomic mass is 35.5. The lowest BCUT2D eigenvalue weighted by Gasteiger charge is -2.35. The van der Waals surface area contributed by atoms with Crippen LogP contribution in [0.25, 0.3) is 0 Å². The molecular weight excluding hydrogens is 348 g/mol. The number of aryl methyl sites for hydroxylation is 1. The molecule has 3 rings (SSSR count). The van der Waals surface area contributed by atoms with Gasteiger partial charge in [-0.2, -0.15) is 0 Å². The summed E-state index contributed by atoms with van der Waals surface area (Å²) in [4.78, 5) is 9.91. The highest BCUT2D eigenvalue weighted by Crippen LogP contribution is 2.44. The molecule has 9 heteroatoms. The van der Waals surface area contributed by atoms with Crippen LogP contribution in [0.5, 0.6) is 0 Å². The first-order chi connectivity index (χ1) is 11.9. The molecule has 1 aliphatic rings. The number of hydrogen-bond donors (Lipinski definition) is 5. The van der Waals surface area contributed by atoms with Gasteiger partial charge in [-0.3, -0.25) is 0 Å². The largest absolute Gasteiger partial charge is 0.394 e. The van der Waals surface area contributed by atoms with Crippen LogP contribution in [0.15, 0.2) is 24.7 Å². The second-order valence-corrected chi connectivity index (χ2v) is 6.33. The molecule has 1 aliphatic heterocycles. The van der Waals surface area contributed by atoms with Crippen LogP contribution < -0.4 is 10.2 Å². The molecule has 25 heavy (non-hydrogen) atoms. The first kappa shape index (κ1) is 17.8. The van der Waals surface area contributed by atoms with Crippen LogP contribution in [0.2, 0.25) is 5.02 Å². The lowest BCUT2D eigenvalue weighted by molar-refractivity contribution is -0.0726. The Balaban J connectivity index is 1.99. The van der Waals surface area contributed by atoms with Gasteiger partial charge < -0.3 is 30.6 Å². The summed E-state index contributed by atoms with van der Waals surface area (Å²) in [6.45, 7) is 1.16. The number of benzene rings is 1. The molecule has 0 fully saturated rings. The Bertz CT molecular complexity index is 776. The standard InChI is InChI=1S/C16H19ClN4O4/c1-8-2-10-12(3-9(8)17)21(5-13(23)15(25)14(24)6-22)16-11(20-10)4-18-7-19-16/h2-4,7,13-15,20,22-25H,5-6H2,1H3/t13-,14+,15-/m0/s1. The first-order valence-corrected chi connectivity index (χ1v) is 8.10. The van der Waals surface area contributed by atoms with Gasteiger partial charge in [-0.25, -0.2) is 9.97 Å². The normalized spacial score (nSPS) is 16.5. The van der Waals surface area contributed by atoms with Crippen molar-refractivity contribution in [2.45, 2.75) is 25.2 Å². The van der Waals surface area contributed by atoms with Crippen molar-refractivity contribution in [1.82, 2.24) is 9.97 Å². The van der Waals surface area contributed by atoms with Gasteiger partial charge in [0.25, 0.3) is 0 Å². The molecule has 0 saturated carbocycles. The summed E-state index contributed by atoms with van der Waals surface area (Å²) in [6.07, 6.45) is -1.29. The van der Waals surface area contributed by atoms with E-state index in [9.17, 15) is 15.3 Å². The molecular formula is C16H19ClN4O4. The Morgan fingerprint density at radius 3 is 2.68 bits per heavy atom. The molecule has 134 valence electrons. The fourth-order valence-electron chi connectivity index (χ4n) is 2.72. The molecule has 2 heterocycles. The minimum Gasteiger partial charge on any atom is -0.394 e. The molecule has 2 aromatic rings. The lowest BCUT2D eigenvalue weighted by atomic mass is 10.1. The maximum absolute atomic E-state index is 10.3. The monoisotopic (exact) mass is 366 g/mol. The van der Waals surface area contributed by atoms with Crippen LogP contribution in [-0.4, -0.2) is 61.9 Å². The van der Waals surface area contributed by atoms with Gasteiger partial charge in [0.15, 0.2) is 5.82 Å². The predicted octanol–water partition coefficient (Wildman–Crippen LogP) is 0.709. The molecule has 1 aromatic carbocycles. The SMILES string of the molecule is Cc1cc2c(cc1Cl)N(C[C@H](O)[C@H](O)[C@H](O)CO)c1ncncc1N2. The van der Waals surface area contributed by atoms with Gasteiger partial charge in [0.05, 0.1) is 30.7 Å². The zero-order valence-electron chi connectivity index (χ0n) is 13.5. The van der Waals surface area contributed by atoms with Crippen LogP contribution in [0.1, 0.15) is 5.56 Å². The van der Waals surface area contributed by atoms with Crippen molar-refractivity contribution >= 4 is 34.5 Å². The molecule has 3 atom stereocenters. The summed E-state index contributed by atoms with van der Waals surface area (Å²) in [6, 6.07) is 3.61. The molecule has 0 saturated heterocycles. The van der Waals surface area contributed by atoms with E-state index in [-0.39, 0.29) is 6.54 Å². The van der Waals surface area contributed by atoms with E-state index in [4.69, 9.17) is 16.7 Å². The minimum atomic E-state index is -1.51. The minimum absolute atomic E-state index is 0.0592. The lowest BCUT2D eigenvalue weighted by Crippen LogP contribution is -2.45. The van der Waals surface area contributed by atoms with E-state index < -0.39 is 24.9 Å². The van der Waals surface area contributed by atoms with Crippen molar-refractivity contribution in [1.29, 1.82) is 0 Å². The Morgan fingerprint density at radius 2 is 1.96 bits per heavy atom. The third-order valence-electron chi connectivity index (χ3n) is 4.13. The van der Waals surface area contributed by atoms with Gasteiger partial charge in [0, 0.05) is 5.02 Å². The number of nitrogens with one attached hydrogen (secondary N) is 1. The third kappa shape index (κ3) is 3.39. The zero-order valence-corrected chi connectivity index (χ0v) is 14.2. The summed E-state index contributed by atoms with van der Waals surface area (Å²) in [5.74, 6) is 0.507. The zero-order chi connectivity index (χ0) is 18.1. The van der Waals surface area contributed by atoms with E-state index >= 15 is 0 Å². The molecule has 8 nitrogen and oxygen atoms in total. The van der Waals surface area contributed by atoms with Gasteiger partial charge in [0.2, 0.25) is 0 Å². The molecule has 0 unspecified atom stereocenters. The van der Waals surface area contributed by atoms with Crippen LogP contribution in [0.3, 0.4) is 0 Å². The summed E-state index contributed by atoms with van der Waals surface area (Å²) >= 11 is 6.24. The summed E-state index contributed by atoms with van der Waals surface area (Å²) in [5.41, 5.74) is 2.95. The molecule has 0 radical (unpaired) electrons. The summed E-state index contributed by atoms with van der Waals surface area (Å²) < 4.78 is 0. The van der Waals surface area contributed by atoms with Crippen molar-refractivity contribution < 1.29 is 20.4 Å². The summed E-state index contributed by atoms with van der Waals surface area (Å²) in [5, 5.41) is 42.5. The molecule has 0 amide bonds. The van der Waals surface area contributed by atoms with Crippen molar-refractivity contribution in [2.75, 3.05) is 23.4 Å². The van der Waals surface area contributed by atoms with E-state index in [1.807, 2.05) is 13.0 Å². The smallest absolute Gasteiger partial charge is 0.160 e. The Labute approximate surface area is 149 Å². The van der Waals surface area contributed by atoms with E-state index in [1.165, 1.54) is 6.33 Å². The number of aliphatic hydroxyl groups is 4. The second kappa shape index (κ2) is 7.11. The van der Waals surface area contributed by atoms with Gasteiger partial charge in [-0.15, -0.1) is 0 Å².